The number of carbonyl (C=O) groups excluding carboxylic acids is 1. The number of fused-ring (bicyclic) bond motifs is 1. The zero-order valence-electron chi connectivity index (χ0n) is 8.66. The van der Waals surface area contributed by atoms with Crippen molar-refractivity contribution < 1.29 is 14.3 Å². The molecule has 1 heterocycles. The third-order valence-electron chi connectivity index (χ3n) is 2.95. The largest absolute Gasteiger partial charge is 0.459 e. The van der Waals surface area contributed by atoms with E-state index < -0.39 is 0 Å². The molecule has 3 heteroatoms. The summed E-state index contributed by atoms with van der Waals surface area (Å²) in [6.07, 6.45) is 0.902. The quantitative estimate of drug-likeness (QED) is 0.507. The Morgan fingerprint density at radius 2 is 2.36 bits per heavy atom. The summed E-state index contributed by atoms with van der Waals surface area (Å²) in [6, 6.07) is 0. The Hall–Kier alpha value is -0.830. The summed E-state index contributed by atoms with van der Waals surface area (Å²) in [6.45, 7) is 8.38. The molecule has 2 aliphatic rings. The van der Waals surface area contributed by atoms with E-state index in [1.807, 2.05) is 13.8 Å². The fourth-order valence-corrected chi connectivity index (χ4v) is 2.16. The maximum atomic E-state index is 11.3. The van der Waals surface area contributed by atoms with Gasteiger partial charge in [-0.1, -0.05) is 12.2 Å². The Morgan fingerprint density at radius 1 is 1.64 bits per heavy atom. The van der Waals surface area contributed by atoms with Gasteiger partial charge in [0.1, 0.15) is 6.10 Å². The first kappa shape index (κ1) is 9.71. The lowest BCUT2D eigenvalue weighted by Gasteiger charge is -2.32. The zero-order chi connectivity index (χ0) is 10.3. The van der Waals surface area contributed by atoms with Gasteiger partial charge < -0.3 is 9.47 Å². The summed E-state index contributed by atoms with van der Waals surface area (Å²) in [5, 5.41) is 0. The Bertz CT molecular complexity index is 270. The first-order valence-electron chi connectivity index (χ1n) is 5.09. The first-order chi connectivity index (χ1) is 6.59. The van der Waals surface area contributed by atoms with E-state index in [0.29, 0.717) is 6.61 Å². The second-order valence-corrected chi connectivity index (χ2v) is 4.35. The van der Waals surface area contributed by atoms with Gasteiger partial charge in [-0.25, -0.2) is 0 Å². The molecule has 0 spiro atoms. The maximum absolute atomic E-state index is 11.3. The van der Waals surface area contributed by atoms with Crippen molar-refractivity contribution in [3.63, 3.8) is 0 Å². The Balaban J connectivity index is 1.93. The first-order valence-corrected chi connectivity index (χ1v) is 5.09. The minimum absolute atomic E-state index is 0.0697. The molecular formula is C11H16O3. The number of hydrogen-bond donors (Lipinski definition) is 0. The predicted octanol–water partition coefficient (Wildman–Crippen LogP) is 1.53. The minimum atomic E-state index is -0.0869. The Kier molecular flexibility index (Phi) is 2.35. The van der Waals surface area contributed by atoms with E-state index in [9.17, 15) is 4.79 Å². The van der Waals surface area contributed by atoms with Crippen LogP contribution >= 0.6 is 0 Å². The molecule has 0 N–H and O–H groups in total. The van der Waals surface area contributed by atoms with Crippen molar-refractivity contribution in [2.24, 2.45) is 11.8 Å². The van der Waals surface area contributed by atoms with E-state index in [1.165, 1.54) is 0 Å². The van der Waals surface area contributed by atoms with Crippen LogP contribution in [0.1, 0.15) is 20.3 Å². The molecule has 78 valence electrons. The van der Waals surface area contributed by atoms with Gasteiger partial charge in [-0.15, -0.1) is 0 Å². The lowest BCUT2D eigenvalue weighted by atomic mass is 9.69. The highest BCUT2D eigenvalue weighted by molar-refractivity contribution is 5.78. The van der Waals surface area contributed by atoms with Gasteiger partial charge in [-0.2, -0.15) is 0 Å². The molecule has 2 unspecified atom stereocenters. The van der Waals surface area contributed by atoms with Crippen molar-refractivity contribution in [2.45, 2.75) is 32.5 Å². The number of cyclic esters (lactones) is 1. The van der Waals surface area contributed by atoms with Gasteiger partial charge in [0.2, 0.25) is 0 Å². The highest BCUT2D eigenvalue weighted by Gasteiger charge is 2.52. The molecule has 0 aromatic carbocycles. The summed E-state index contributed by atoms with van der Waals surface area (Å²) >= 11 is 0. The van der Waals surface area contributed by atoms with E-state index in [2.05, 4.69) is 6.58 Å². The van der Waals surface area contributed by atoms with Crippen molar-refractivity contribution in [1.82, 2.24) is 0 Å². The molecule has 14 heavy (non-hydrogen) atoms. The molecule has 1 saturated heterocycles. The number of hydrogen-bond acceptors (Lipinski definition) is 3. The third-order valence-corrected chi connectivity index (χ3v) is 2.95. The minimum Gasteiger partial charge on any atom is -0.459 e. The van der Waals surface area contributed by atoms with Crippen LogP contribution in [-0.2, 0) is 14.3 Å². The molecular weight excluding hydrogens is 180 g/mol. The number of ether oxygens (including phenoxy) is 2. The average Bonchev–Trinajstić information content (AvgIpc) is 2.33. The number of rotatable bonds is 3. The summed E-state index contributed by atoms with van der Waals surface area (Å²) in [4.78, 5) is 11.3. The fraction of sp³-hybridized carbons (Fsp3) is 0.727. The lowest BCUT2D eigenvalue weighted by molar-refractivity contribution is -0.146. The van der Waals surface area contributed by atoms with Crippen LogP contribution in [0.2, 0.25) is 0 Å². The molecule has 2 rings (SSSR count). The Labute approximate surface area is 84.1 Å². The van der Waals surface area contributed by atoms with Gasteiger partial charge in [0.05, 0.1) is 18.6 Å². The molecule has 0 aromatic heterocycles. The smallest absolute Gasteiger partial charge is 0.310 e. The molecule has 0 aromatic rings. The second-order valence-electron chi connectivity index (χ2n) is 4.35. The second kappa shape index (κ2) is 3.39. The molecule has 0 amide bonds. The highest BCUT2D eigenvalue weighted by atomic mass is 16.6. The highest BCUT2D eigenvalue weighted by Crippen LogP contribution is 2.47. The van der Waals surface area contributed by atoms with Crippen molar-refractivity contribution in [3.8, 4) is 0 Å². The van der Waals surface area contributed by atoms with Gasteiger partial charge in [0.15, 0.2) is 0 Å². The lowest BCUT2D eigenvalue weighted by Crippen LogP contribution is -2.35. The van der Waals surface area contributed by atoms with Crippen molar-refractivity contribution >= 4 is 5.97 Å². The monoisotopic (exact) mass is 196 g/mol. The summed E-state index contributed by atoms with van der Waals surface area (Å²) in [5.74, 6) is 0.226. The summed E-state index contributed by atoms with van der Waals surface area (Å²) in [5.41, 5.74) is 1.14. The van der Waals surface area contributed by atoms with Crippen LogP contribution in [0.5, 0.6) is 0 Å². The van der Waals surface area contributed by atoms with Crippen molar-refractivity contribution in [3.05, 3.63) is 12.2 Å². The van der Waals surface area contributed by atoms with Crippen LogP contribution < -0.4 is 0 Å². The van der Waals surface area contributed by atoms with Gasteiger partial charge >= 0.3 is 5.97 Å². The zero-order valence-corrected chi connectivity index (χ0v) is 8.66. The summed E-state index contributed by atoms with van der Waals surface area (Å²) < 4.78 is 10.7. The van der Waals surface area contributed by atoms with E-state index >= 15 is 0 Å². The number of carbonyl (C=O) groups is 1. The van der Waals surface area contributed by atoms with Crippen LogP contribution in [0.3, 0.4) is 0 Å². The average molecular weight is 196 g/mol. The predicted molar refractivity (Wildman–Crippen MR) is 51.7 cm³/mol. The Morgan fingerprint density at radius 3 is 2.93 bits per heavy atom. The van der Waals surface area contributed by atoms with Crippen LogP contribution in [0, 0.1) is 11.8 Å². The van der Waals surface area contributed by atoms with Gasteiger partial charge in [-0.3, -0.25) is 4.79 Å². The molecule has 1 aliphatic carbocycles. The molecule has 1 saturated carbocycles. The molecule has 0 radical (unpaired) electrons. The van der Waals surface area contributed by atoms with Gasteiger partial charge in [0.25, 0.3) is 0 Å². The van der Waals surface area contributed by atoms with Crippen LogP contribution in [0.25, 0.3) is 0 Å². The van der Waals surface area contributed by atoms with Crippen molar-refractivity contribution in [1.29, 1.82) is 0 Å². The molecule has 3 atom stereocenters. The van der Waals surface area contributed by atoms with E-state index in [-0.39, 0.29) is 30.0 Å². The molecule has 0 bridgehead atoms. The van der Waals surface area contributed by atoms with Crippen LogP contribution in [0.15, 0.2) is 12.2 Å². The summed E-state index contributed by atoms with van der Waals surface area (Å²) in [7, 11) is 0. The molecule has 3 nitrogen and oxygen atoms in total. The number of esters is 1. The van der Waals surface area contributed by atoms with Gasteiger partial charge in [0, 0.05) is 5.92 Å². The van der Waals surface area contributed by atoms with Crippen LogP contribution in [0.4, 0.5) is 0 Å². The van der Waals surface area contributed by atoms with E-state index in [0.717, 1.165) is 12.0 Å². The molecule has 2 fully saturated rings. The standard InChI is InChI=1S/C11H16O3/c1-6(2)13-5-9-10-7(3)4-8(10)11(12)14-9/h6,8-10H,3-5H2,1-2H3/t8?,9?,10-/m0/s1. The van der Waals surface area contributed by atoms with Gasteiger partial charge in [-0.05, 0) is 20.3 Å². The fourth-order valence-electron chi connectivity index (χ4n) is 2.16. The SMILES string of the molecule is C=C1CC2C(=O)OC(COC(C)C)[C@@H]12. The van der Waals surface area contributed by atoms with E-state index in [1.54, 1.807) is 0 Å². The molecule has 1 aliphatic heterocycles. The van der Waals surface area contributed by atoms with Crippen LogP contribution in [-0.4, -0.2) is 24.8 Å². The normalized spacial score (nSPS) is 35.5. The maximum Gasteiger partial charge on any atom is 0.310 e. The third kappa shape index (κ3) is 1.46. The van der Waals surface area contributed by atoms with E-state index in [4.69, 9.17) is 9.47 Å². The van der Waals surface area contributed by atoms with Crippen molar-refractivity contribution in [2.75, 3.05) is 6.61 Å². The topological polar surface area (TPSA) is 35.5 Å².